The van der Waals surface area contributed by atoms with E-state index in [-0.39, 0.29) is 5.97 Å². The van der Waals surface area contributed by atoms with Gasteiger partial charge in [0.15, 0.2) is 0 Å². The molecule has 0 fully saturated rings. The van der Waals surface area contributed by atoms with E-state index in [9.17, 15) is 4.79 Å². The third kappa shape index (κ3) is 3.36. The van der Waals surface area contributed by atoms with Crippen LogP contribution in [0.1, 0.15) is 6.42 Å². The van der Waals surface area contributed by atoms with Crippen molar-refractivity contribution >= 4 is 13.8 Å². The molecule has 0 radical (unpaired) electrons. The second-order valence-electron chi connectivity index (χ2n) is 1.33. The van der Waals surface area contributed by atoms with Gasteiger partial charge in [-0.15, -0.1) is 0 Å². The quantitative estimate of drug-likeness (QED) is 0.348. The zero-order valence-electron chi connectivity index (χ0n) is 4.73. The summed E-state index contributed by atoms with van der Waals surface area (Å²) in [7, 11) is 3.34. The minimum Gasteiger partial charge on any atom is -0.469 e. The average Bonchev–Trinajstić information content (AvgIpc) is 1.68. The van der Waals surface area contributed by atoms with E-state index in [1.807, 2.05) is 7.85 Å². The fourth-order valence-electron chi connectivity index (χ4n) is 0.306. The number of carbonyl (C=O) groups is 1. The molecule has 0 bridgehead atoms. The standard InChI is InChI=1S/C4H9BO2/c1-7-4(6)2-3-5/h2-3,5H2,1H3. The lowest BCUT2D eigenvalue weighted by Crippen LogP contribution is -1.97. The molecule has 7 heavy (non-hydrogen) atoms. The fraction of sp³-hybridized carbons (Fsp3) is 0.750. The van der Waals surface area contributed by atoms with Gasteiger partial charge in [0, 0.05) is 6.42 Å². The summed E-state index contributed by atoms with van der Waals surface area (Å²) in [5.74, 6) is -0.123. The number of carbonyl (C=O) groups excluding carboxylic acids is 1. The number of methoxy groups -OCH3 is 1. The topological polar surface area (TPSA) is 26.3 Å². The molecule has 0 spiro atoms. The summed E-state index contributed by atoms with van der Waals surface area (Å²) in [5, 5.41) is 0. The highest BCUT2D eigenvalue weighted by Gasteiger charge is 1.92. The summed E-state index contributed by atoms with van der Waals surface area (Å²) in [6.07, 6.45) is 1.41. The molecule has 0 N–H and O–H groups in total. The lowest BCUT2D eigenvalue weighted by atomic mass is 10.0. The molecule has 0 atom stereocenters. The molecule has 0 aromatic carbocycles. The number of hydrogen-bond acceptors (Lipinski definition) is 2. The SMILES string of the molecule is BCCC(=O)OC. The first-order valence-electron chi connectivity index (χ1n) is 2.38. The van der Waals surface area contributed by atoms with Crippen LogP contribution in [0.25, 0.3) is 0 Å². The van der Waals surface area contributed by atoms with Crippen LogP contribution in [0.3, 0.4) is 0 Å². The summed E-state index contributed by atoms with van der Waals surface area (Å²) in [6.45, 7) is 0. The van der Waals surface area contributed by atoms with Crippen LogP contribution in [0, 0.1) is 0 Å². The molecule has 0 heterocycles. The lowest BCUT2D eigenvalue weighted by molar-refractivity contribution is -0.140. The zero-order valence-corrected chi connectivity index (χ0v) is 4.73. The van der Waals surface area contributed by atoms with Gasteiger partial charge in [0.25, 0.3) is 0 Å². The lowest BCUT2D eigenvalue weighted by Gasteiger charge is -1.90. The molecule has 0 aliphatic carbocycles. The zero-order chi connectivity index (χ0) is 5.70. The van der Waals surface area contributed by atoms with E-state index >= 15 is 0 Å². The second-order valence-corrected chi connectivity index (χ2v) is 1.33. The van der Waals surface area contributed by atoms with Crippen LogP contribution >= 0.6 is 0 Å². The highest BCUT2D eigenvalue weighted by atomic mass is 16.5. The van der Waals surface area contributed by atoms with Gasteiger partial charge in [-0.05, 0) is 0 Å². The van der Waals surface area contributed by atoms with Gasteiger partial charge in [0.05, 0.1) is 7.11 Å². The molecule has 0 unspecified atom stereocenters. The Kier molecular flexibility index (Phi) is 3.47. The van der Waals surface area contributed by atoms with Gasteiger partial charge in [0.1, 0.15) is 7.85 Å². The molecule has 0 amide bonds. The highest BCUT2D eigenvalue weighted by molar-refractivity contribution is 6.09. The average molecular weight is 99.9 g/mol. The molecular weight excluding hydrogens is 90.9 g/mol. The Bertz CT molecular complexity index is 62.7. The van der Waals surface area contributed by atoms with Gasteiger partial charge in [0.2, 0.25) is 0 Å². The van der Waals surface area contributed by atoms with Crippen molar-refractivity contribution in [2.75, 3.05) is 7.11 Å². The highest BCUT2D eigenvalue weighted by Crippen LogP contribution is 1.85. The Morgan fingerprint density at radius 1 is 1.86 bits per heavy atom. The van der Waals surface area contributed by atoms with E-state index < -0.39 is 0 Å². The van der Waals surface area contributed by atoms with Crippen LogP contribution in [0.5, 0.6) is 0 Å². The van der Waals surface area contributed by atoms with E-state index in [1.165, 1.54) is 7.11 Å². The third-order valence-corrected chi connectivity index (χ3v) is 0.682. The molecule has 3 heteroatoms. The molecule has 0 aliphatic heterocycles. The first-order chi connectivity index (χ1) is 3.31. The number of hydrogen-bond donors (Lipinski definition) is 0. The van der Waals surface area contributed by atoms with Crippen LogP contribution in [-0.2, 0) is 9.53 Å². The summed E-state index contributed by atoms with van der Waals surface area (Å²) >= 11 is 0. The van der Waals surface area contributed by atoms with Crippen molar-refractivity contribution in [3.63, 3.8) is 0 Å². The molecule has 40 valence electrons. The molecule has 0 saturated heterocycles. The monoisotopic (exact) mass is 100 g/mol. The van der Waals surface area contributed by atoms with Crippen LogP contribution in [0.2, 0.25) is 6.32 Å². The van der Waals surface area contributed by atoms with Crippen LogP contribution < -0.4 is 0 Å². The van der Waals surface area contributed by atoms with E-state index in [0.29, 0.717) is 6.42 Å². The van der Waals surface area contributed by atoms with Gasteiger partial charge in [-0.25, -0.2) is 0 Å². The largest absolute Gasteiger partial charge is 0.469 e. The molecule has 0 rings (SSSR count). The Hall–Kier alpha value is -0.465. The summed E-state index contributed by atoms with van der Waals surface area (Å²) in [4.78, 5) is 10.2. The molecule has 0 aromatic heterocycles. The van der Waals surface area contributed by atoms with Crippen LogP contribution in [0.4, 0.5) is 0 Å². The molecule has 0 saturated carbocycles. The predicted octanol–water partition coefficient (Wildman–Crippen LogP) is -0.399. The van der Waals surface area contributed by atoms with Crippen molar-refractivity contribution in [3.05, 3.63) is 0 Å². The predicted molar refractivity (Wildman–Crippen MR) is 30.0 cm³/mol. The van der Waals surface area contributed by atoms with Crippen molar-refractivity contribution in [2.24, 2.45) is 0 Å². The normalized spacial score (nSPS) is 8.14. The van der Waals surface area contributed by atoms with Crippen molar-refractivity contribution in [2.45, 2.75) is 12.7 Å². The van der Waals surface area contributed by atoms with Crippen LogP contribution in [0.15, 0.2) is 0 Å². The van der Waals surface area contributed by atoms with Crippen molar-refractivity contribution in [1.29, 1.82) is 0 Å². The minimum atomic E-state index is -0.123. The van der Waals surface area contributed by atoms with E-state index in [0.717, 1.165) is 6.32 Å². The molecule has 2 nitrogen and oxygen atoms in total. The Labute approximate surface area is 44.3 Å². The Morgan fingerprint density at radius 3 is 2.57 bits per heavy atom. The van der Waals surface area contributed by atoms with Gasteiger partial charge >= 0.3 is 5.97 Å². The Balaban J connectivity index is 3.00. The van der Waals surface area contributed by atoms with Gasteiger partial charge < -0.3 is 4.74 Å². The minimum absolute atomic E-state index is 0.123. The van der Waals surface area contributed by atoms with E-state index in [4.69, 9.17) is 0 Å². The van der Waals surface area contributed by atoms with Crippen LogP contribution in [-0.4, -0.2) is 20.9 Å². The molecule has 0 aromatic rings. The summed E-state index contributed by atoms with van der Waals surface area (Å²) < 4.78 is 4.35. The second kappa shape index (κ2) is 3.72. The smallest absolute Gasteiger partial charge is 0.304 e. The van der Waals surface area contributed by atoms with Gasteiger partial charge in [-0.3, -0.25) is 4.79 Å². The summed E-state index contributed by atoms with van der Waals surface area (Å²) in [6, 6.07) is 0. The maximum Gasteiger partial charge on any atom is 0.304 e. The van der Waals surface area contributed by atoms with E-state index in [2.05, 4.69) is 4.74 Å². The fourth-order valence-corrected chi connectivity index (χ4v) is 0.306. The van der Waals surface area contributed by atoms with Gasteiger partial charge in [-0.2, -0.15) is 0 Å². The maximum atomic E-state index is 10.2. The third-order valence-electron chi connectivity index (χ3n) is 0.682. The van der Waals surface area contributed by atoms with Crippen molar-refractivity contribution in [3.8, 4) is 0 Å². The first kappa shape index (κ1) is 6.53. The number of esters is 1. The van der Waals surface area contributed by atoms with Gasteiger partial charge in [-0.1, -0.05) is 6.32 Å². The van der Waals surface area contributed by atoms with E-state index in [1.54, 1.807) is 0 Å². The first-order valence-corrected chi connectivity index (χ1v) is 2.38. The molecule has 0 aliphatic rings. The number of rotatable bonds is 2. The summed E-state index contributed by atoms with van der Waals surface area (Å²) in [5.41, 5.74) is 0. The van der Waals surface area contributed by atoms with Crippen molar-refractivity contribution < 1.29 is 9.53 Å². The van der Waals surface area contributed by atoms with Crippen molar-refractivity contribution in [1.82, 2.24) is 0 Å². The Morgan fingerprint density at radius 2 is 2.43 bits per heavy atom. The maximum absolute atomic E-state index is 10.2. The molecular formula is C4H9BO2. The number of ether oxygens (including phenoxy) is 1.